The lowest BCUT2D eigenvalue weighted by Crippen LogP contribution is -2.25. The Bertz CT molecular complexity index is 301. The molecule has 16 heavy (non-hydrogen) atoms. The number of nitrogens with zero attached hydrogens (tertiary/aromatic N) is 1. The van der Waals surface area contributed by atoms with Gasteiger partial charge in [-0.25, -0.2) is 4.98 Å². The largest absolute Gasteiger partial charge is 0.389 e. The van der Waals surface area contributed by atoms with Gasteiger partial charge in [-0.05, 0) is 30.9 Å². The molecule has 0 saturated heterocycles. The Labute approximate surface area is 95.7 Å². The first kappa shape index (κ1) is 11.4. The minimum absolute atomic E-state index is 0.399. The number of anilines is 1. The smallest absolute Gasteiger partial charge is 0.125 e. The molecule has 1 saturated carbocycles. The molecule has 88 valence electrons. The highest BCUT2D eigenvalue weighted by Gasteiger charge is 2.21. The second-order valence-corrected chi connectivity index (χ2v) is 4.23. The average Bonchev–Trinajstić information content (AvgIpc) is 3.12. The summed E-state index contributed by atoms with van der Waals surface area (Å²) in [5, 5.41) is 12.7. The molecule has 1 aliphatic rings. The molecule has 1 aromatic heterocycles. The van der Waals surface area contributed by atoms with Crippen molar-refractivity contribution >= 4 is 5.82 Å². The van der Waals surface area contributed by atoms with Crippen LogP contribution in [0.3, 0.4) is 0 Å². The van der Waals surface area contributed by atoms with Gasteiger partial charge in [0.1, 0.15) is 5.82 Å². The van der Waals surface area contributed by atoms with E-state index in [1.807, 2.05) is 18.2 Å². The van der Waals surface area contributed by atoms with Crippen LogP contribution in [0.5, 0.6) is 0 Å². The van der Waals surface area contributed by atoms with E-state index < -0.39 is 6.10 Å². The zero-order valence-corrected chi connectivity index (χ0v) is 9.30. The van der Waals surface area contributed by atoms with Crippen LogP contribution in [0.15, 0.2) is 24.4 Å². The van der Waals surface area contributed by atoms with Crippen LogP contribution in [0, 0.1) is 5.92 Å². The maximum Gasteiger partial charge on any atom is 0.125 e. The van der Waals surface area contributed by atoms with E-state index in [9.17, 15) is 5.11 Å². The molecule has 1 aromatic rings. The molecule has 1 aliphatic carbocycles. The van der Waals surface area contributed by atoms with Crippen LogP contribution in [-0.2, 0) is 4.74 Å². The van der Waals surface area contributed by atoms with Crippen molar-refractivity contribution in [3.8, 4) is 0 Å². The fourth-order valence-corrected chi connectivity index (χ4v) is 1.40. The van der Waals surface area contributed by atoms with Crippen LogP contribution in [0.2, 0.25) is 0 Å². The predicted octanol–water partition coefficient (Wildman–Crippen LogP) is 1.28. The number of aliphatic hydroxyl groups excluding tert-OH is 1. The van der Waals surface area contributed by atoms with Crippen LogP contribution < -0.4 is 5.32 Å². The topological polar surface area (TPSA) is 54.4 Å². The molecule has 0 unspecified atom stereocenters. The molecule has 4 nitrogen and oxygen atoms in total. The SMILES string of the molecule is O[C@H](CNc1ccccn1)COCC1CC1. The summed E-state index contributed by atoms with van der Waals surface area (Å²) in [7, 11) is 0. The zero-order chi connectivity index (χ0) is 11.2. The van der Waals surface area contributed by atoms with Crippen molar-refractivity contribution < 1.29 is 9.84 Å². The van der Waals surface area contributed by atoms with Gasteiger partial charge in [0.15, 0.2) is 0 Å². The Morgan fingerprint density at radius 1 is 1.50 bits per heavy atom. The highest BCUT2D eigenvalue weighted by atomic mass is 16.5. The van der Waals surface area contributed by atoms with E-state index in [0.29, 0.717) is 13.2 Å². The van der Waals surface area contributed by atoms with E-state index in [0.717, 1.165) is 18.3 Å². The highest BCUT2D eigenvalue weighted by Crippen LogP contribution is 2.28. The number of nitrogens with one attached hydrogen (secondary N) is 1. The lowest BCUT2D eigenvalue weighted by atomic mass is 10.3. The van der Waals surface area contributed by atoms with Crippen LogP contribution in [-0.4, -0.2) is 36.0 Å². The van der Waals surface area contributed by atoms with Crippen molar-refractivity contribution in [2.45, 2.75) is 18.9 Å². The van der Waals surface area contributed by atoms with Crippen molar-refractivity contribution in [3.05, 3.63) is 24.4 Å². The fraction of sp³-hybridized carbons (Fsp3) is 0.583. The van der Waals surface area contributed by atoms with Crippen molar-refractivity contribution in [2.75, 3.05) is 25.1 Å². The molecule has 0 aliphatic heterocycles. The van der Waals surface area contributed by atoms with Crippen molar-refractivity contribution in [3.63, 3.8) is 0 Å². The molecule has 0 spiro atoms. The van der Waals surface area contributed by atoms with Gasteiger partial charge in [-0.2, -0.15) is 0 Å². The molecule has 4 heteroatoms. The Morgan fingerprint density at radius 3 is 3.06 bits per heavy atom. The van der Waals surface area contributed by atoms with Gasteiger partial charge in [0.2, 0.25) is 0 Å². The molecule has 0 amide bonds. The number of pyridine rings is 1. The summed E-state index contributed by atoms with van der Waals surface area (Å²) in [6.07, 6.45) is 3.81. The van der Waals surface area contributed by atoms with Crippen molar-refractivity contribution in [2.24, 2.45) is 5.92 Å². The van der Waals surface area contributed by atoms with Gasteiger partial charge in [0.25, 0.3) is 0 Å². The summed E-state index contributed by atoms with van der Waals surface area (Å²) >= 11 is 0. The quantitative estimate of drug-likeness (QED) is 0.729. The van der Waals surface area contributed by atoms with Gasteiger partial charge in [-0.15, -0.1) is 0 Å². The minimum Gasteiger partial charge on any atom is -0.389 e. The second kappa shape index (κ2) is 5.82. The summed E-state index contributed by atoms with van der Waals surface area (Å²) < 4.78 is 5.40. The average molecular weight is 222 g/mol. The molecular weight excluding hydrogens is 204 g/mol. The van der Waals surface area contributed by atoms with Gasteiger partial charge in [-0.3, -0.25) is 0 Å². The molecular formula is C12H18N2O2. The Morgan fingerprint density at radius 2 is 2.38 bits per heavy atom. The first-order valence-electron chi connectivity index (χ1n) is 5.75. The van der Waals surface area contributed by atoms with Crippen LogP contribution in [0.4, 0.5) is 5.82 Å². The molecule has 1 heterocycles. The number of ether oxygens (including phenoxy) is 1. The van der Waals surface area contributed by atoms with Crippen molar-refractivity contribution in [1.29, 1.82) is 0 Å². The van der Waals surface area contributed by atoms with E-state index in [-0.39, 0.29) is 0 Å². The fourth-order valence-electron chi connectivity index (χ4n) is 1.40. The first-order chi connectivity index (χ1) is 7.84. The molecule has 0 radical (unpaired) electrons. The minimum atomic E-state index is -0.472. The van der Waals surface area contributed by atoms with E-state index >= 15 is 0 Å². The molecule has 2 rings (SSSR count). The Balaban J connectivity index is 1.57. The summed E-state index contributed by atoms with van der Waals surface area (Å²) in [6.45, 7) is 1.67. The molecule has 0 bridgehead atoms. The molecule has 0 aromatic carbocycles. The standard InChI is InChI=1S/C12H18N2O2/c15-11(9-16-8-10-4-5-10)7-14-12-3-1-2-6-13-12/h1-3,6,10-11,15H,4-5,7-9H2,(H,13,14)/t11-/m1/s1. The van der Waals surface area contributed by atoms with Gasteiger partial charge in [-0.1, -0.05) is 6.07 Å². The van der Waals surface area contributed by atoms with E-state index in [2.05, 4.69) is 10.3 Å². The summed E-state index contributed by atoms with van der Waals surface area (Å²) in [5.41, 5.74) is 0. The van der Waals surface area contributed by atoms with Gasteiger partial charge in [0, 0.05) is 19.3 Å². The van der Waals surface area contributed by atoms with E-state index in [1.54, 1.807) is 6.20 Å². The number of hydrogen-bond acceptors (Lipinski definition) is 4. The summed E-state index contributed by atoms with van der Waals surface area (Å²) in [4.78, 5) is 4.11. The van der Waals surface area contributed by atoms with Gasteiger partial charge >= 0.3 is 0 Å². The number of rotatable bonds is 7. The normalized spacial score (nSPS) is 17.1. The van der Waals surface area contributed by atoms with Crippen LogP contribution in [0.25, 0.3) is 0 Å². The summed E-state index contributed by atoms with van der Waals surface area (Å²) in [6, 6.07) is 5.64. The van der Waals surface area contributed by atoms with E-state index in [4.69, 9.17) is 4.74 Å². The van der Waals surface area contributed by atoms with Crippen LogP contribution in [0.1, 0.15) is 12.8 Å². The number of hydrogen-bond donors (Lipinski definition) is 2. The third-order valence-corrected chi connectivity index (χ3v) is 2.54. The third-order valence-electron chi connectivity index (χ3n) is 2.54. The first-order valence-corrected chi connectivity index (χ1v) is 5.75. The maximum absolute atomic E-state index is 9.63. The predicted molar refractivity (Wildman–Crippen MR) is 62.3 cm³/mol. The Hall–Kier alpha value is -1.13. The monoisotopic (exact) mass is 222 g/mol. The maximum atomic E-state index is 9.63. The zero-order valence-electron chi connectivity index (χ0n) is 9.30. The number of aromatic nitrogens is 1. The molecule has 2 N–H and O–H groups in total. The van der Waals surface area contributed by atoms with E-state index in [1.165, 1.54) is 12.8 Å². The summed E-state index contributed by atoms with van der Waals surface area (Å²) in [5.74, 6) is 1.53. The third kappa shape index (κ3) is 4.16. The lowest BCUT2D eigenvalue weighted by molar-refractivity contribution is 0.0386. The van der Waals surface area contributed by atoms with Gasteiger partial charge in [0.05, 0.1) is 12.7 Å². The second-order valence-electron chi connectivity index (χ2n) is 4.23. The highest BCUT2D eigenvalue weighted by molar-refractivity contribution is 5.33. The van der Waals surface area contributed by atoms with Gasteiger partial charge < -0.3 is 15.2 Å². The van der Waals surface area contributed by atoms with Crippen molar-refractivity contribution in [1.82, 2.24) is 4.98 Å². The Kier molecular flexibility index (Phi) is 4.13. The lowest BCUT2D eigenvalue weighted by Gasteiger charge is -2.12. The number of aliphatic hydroxyl groups is 1. The molecule has 1 fully saturated rings. The van der Waals surface area contributed by atoms with Crippen LogP contribution >= 0.6 is 0 Å². The molecule has 1 atom stereocenters.